The third kappa shape index (κ3) is 18.1. The Morgan fingerprint density at radius 2 is 1.16 bits per heavy atom. The Morgan fingerprint density at radius 1 is 0.750 bits per heavy atom. The predicted molar refractivity (Wildman–Crippen MR) is 139 cm³/mol. The molecule has 0 amide bonds. The molecular formula is C29H52O3. The molecule has 0 bridgehead atoms. The van der Waals surface area contributed by atoms with E-state index in [-0.39, 0.29) is 5.41 Å². The van der Waals surface area contributed by atoms with Gasteiger partial charge in [-0.05, 0) is 36.0 Å². The molecule has 32 heavy (non-hydrogen) atoms. The minimum atomic E-state index is -0.653. The highest BCUT2D eigenvalue weighted by atomic mass is 16.4. The molecule has 1 aromatic carbocycles. The van der Waals surface area contributed by atoms with Crippen molar-refractivity contribution in [3.05, 3.63) is 29.3 Å². The molecule has 0 atom stereocenters. The van der Waals surface area contributed by atoms with E-state index in [1.165, 1.54) is 83.5 Å². The maximum Gasteiger partial charge on any atom is 0.303 e. The second kappa shape index (κ2) is 19.0. The van der Waals surface area contributed by atoms with Crippen LogP contribution in [0.4, 0.5) is 0 Å². The molecule has 0 heterocycles. The van der Waals surface area contributed by atoms with Crippen LogP contribution in [0.2, 0.25) is 0 Å². The first-order chi connectivity index (χ1) is 15.2. The Hall–Kier alpha value is -1.51. The molecular weight excluding hydrogens is 396 g/mol. The summed E-state index contributed by atoms with van der Waals surface area (Å²) >= 11 is 0. The highest BCUT2D eigenvalue weighted by molar-refractivity contribution is 5.66. The first-order valence-electron chi connectivity index (χ1n) is 13.2. The normalized spacial score (nSPS) is 11.2. The summed E-state index contributed by atoms with van der Waals surface area (Å²) in [6, 6.07) is 5.82. The van der Waals surface area contributed by atoms with Crippen LogP contribution >= 0.6 is 0 Å². The summed E-state index contributed by atoms with van der Waals surface area (Å²) in [6.07, 6.45) is 20.2. The van der Waals surface area contributed by atoms with Gasteiger partial charge in [0, 0.05) is 6.42 Å². The Bertz CT molecular complexity index is 587. The van der Waals surface area contributed by atoms with Crippen LogP contribution in [0.25, 0.3) is 0 Å². The van der Waals surface area contributed by atoms with Crippen molar-refractivity contribution in [2.24, 2.45) is 0 Å². The third-order valence-corrected chi connectivity index (χ3v) is 5.96. The standard InChI is InChI=1S/C18H36O2.C11H16O/c1-2-3-4-5-6-7-8-9-10-11-12-13-14-15-16-17-18(19)20;1-8-5-6-9(10(12)7-8)11(2,3)4/h2-17H2,1H3,(H,19,20);5-7,12H,1-4H3. The fourth-order valence-corrected chi connectivity index (χ4v) is 3.92. The number of phenolic OH excluding ortho intramolecular Hbond substituents is 1. The van der Waals surface area contributed by atoms with E-state index in [2.05, 4.69) is 27.7 Å². The average molecular weight is 449 g/mol. The van der Waals surface area contributed by atoms with Crippen molar-refractivity contribution in [1.82, 2.24) is 0 Å². The van der Waals surface area contributed by atoms with E-state index >= 15 is 0 Å². The largest absolute Gasteiger partial charge is 0.508 e. The molecule has 0 spiro atoms. The number of phenols is 1. The highest BCUT2D eigenvalue weighted by Gasteiger charge is 2.17. The number of benzene rings is 1. The monoisotopic (exact) mass is 448 g/mol. The molecule has 0 aliphatic rings. The van der Waals surface area contributed by atoms with Crippen molar-refractivity contribution in [2.45, 2.75) is 143 Å². The zero-order valence-electron chi connectivity index (χ0n) is 21.8. The lowest BCUT2D eigenvalue weighted by Crippen LogP contribution is -2.11. The Balaban J connectivity index is 0.000000677. The molecule has 0 aliphatic heterocycles. The predicted octanol–water partition coefficient (Wildman–Crippen LogP) is 9.33. The van der Waals surface area contributed by atoms with Gasteiger partial charge in [-0.2, -0.15) is 0 Å². The van der Waals surface area contributed by atoms with E-state index in [1.807, 2.05) is 19.1 Å². The van der Waals surface area contributed by atoms with Crippen LogP contribution in [0.15, 0.2) is 18.2 Å². The van der Waals surface area contributed by atoms with Crippen LogP contribution < -0.4 is 0 Å². The molecule has 0 saturated carbocycles. The molecule has 0 saturated heterocycles. The Morgan fingerprint density at radius 3 is 1.50 bits per heavy atom. The Kier molecular flexibility index (Phi) is 18.1. The highest BCUT2D eigenvalue weighted by Crippen LogP contribution is 2.30. The summed E-state index contributed by atoms with van der Waals surface area (Å²) in [5.41, 5.74) is 2.13. The van der Waals surface area contributed by atoms with Gasteiger partial charge in [-0.15, -0.1) is 0 Å². The molecule has 3 heteroatoms. The number of carboxylic acids is 1. The van der Waals surface area contributed by atoms with Crippen LogP contribution in [-0.4, -0.2) is 16.2 Å². The van der Waals surface area contributed by atoms with Gasteiger partial charge in [0.05, 0.1) is 0 Å². The maximum atomic E-state index is 10.3. The summed E-state index contributed by atoms with van der Waals surface area (Å²) in [5.74, 6) is -0.248. The van der Waals surface area contributed by atoms with Gasteiger partial charge in [0.15, 0.2) is 0 Å². The number of unbranched alkanes of at least 4 members (excludes halogenated alkanes) is 14. The lowest BCUT2D eigenvalue weighted by atomic mass is 9.86. The number of hydrogen-bond acceptors (Lipinski definition) is 2. The molecule has 0 aromatic heterocycles. The van der Waals surface area contributed by atoms with Crippen molar-refractivity contribution in [3.8, 4) is 5.75 Å². The lowest BCUT2D eigenvalue weighted by Gasteiger charge is -2.20. The van der Waals surface area contributed by atoms with Gasteiger partial charge >= 0.3 is 5.97 Å². The van der Waals surface area contributed by atoms with Crippen LogP contribution in [0.3, 0.4) is 0 Å². The van der Waals surface area contributed by atoms with Gasteiger partial charge in [0.2, 0.25) is 0 Å². The quantitative estimate of drug-likeness (QED) is 0.248. The second-order valence-corrected chi connectivity index (χ2v) is 10.4. The average Bonchev–Trinajstić information content (AvgIpc) is 2.70. The first-order valence-corrected chi connectivity index (χ1v) is 13.2. The van der Waals surface area contributed by atoms with Crippen molar-refractivity contribution in [1.29, 1.82) is 0 Å². The first kappa shape index (κ1) is 30.5. The number of rotatable bonds is 16. The molecule has 0 unspecified atom stereocenters. The summed E-state index contributed by atoms with van der Waals surface area (Å²) in [5, 5.41) is 18.1. The molecule has 3 nitrogen and oxygen atoms in total. The van der Waals surface area contributed by atoms with Gasteiger partial charge in [0.25, 0.3) is 0 Å². The van der Waals surface area contributed by atoms with E-state index in [9.17, 15) is 9.90 Å². The number of carbonyl (C=O) groups is 1. The molecule has 2 N–H and O–H groups in total. The summed E-state index contributed by atoms with van der Waals surface area (Å²) in [6.45, 7) is 10.5. The molecule has 0 aliphatic carbocycles. The van der Waals surface area contributed by atoms with Gasteiger partial charge in [0.1, 0.15) is 5.75 Å². The minimum absolute atomic E-state index is 0.0256. The molecule has 1 rings (SSSR count). The molecule has 1 aromatic rings. The SMILES string of the molecule is CCCCCCCCCCCCCCCCCC(=O)O.Cc1ccc(C(C)(C)C)c(O)c1. The zero-order valence-corrected chi connectivity index (χ0v) is 21.8. The fraction of sp³-hybridized carbons (Fsp3) is 0.759. The summed E-state index contributed by atoms with van der Waals surface area (Å²) in [4.78, 5) is 10.3. The topological polar surface area (TPSA) is 57.5 Å². The molecule has 0 fully saturated rings. The van der Waals surface area contributed by atoms with Gasteiger partial charge in [-0.3, -0.25) is 4.79 Å². The number of carboxylic acid groups (broad SMARTS) is 1. The van der Waals surface area contributed by atoms with Gasteiger partial charge in [-0.25, -0.2) is 0 Å². The zero-order chi connectivity index (χ0) is 24.2. The van der Waals surface area contributed by atoms with Crippen molar-refractivity contribution >= 4 is 5.97 Å². The van der Waals surface area contributed by atoms with Crippen molar-refractivity contribution in [2.75, 3.05) is 0 Å². The molecule has 186 valence electrons. The number of aromatic hydroxyl groups is 1. The molecule has 0 radical (unpaired) electrons. The van der Waals surface area contributed by atoms with Crippen LogP contribution in [0.5, 0.6) is 5.75 Å². The van der Waals surface area contributed by atoms with E-state index in [4.69, 9.17) is 5.11 Å². The second-order valence-electron chi connectivity index (χ2n) is 10.4. The third-order valence-electron chi connectivity index (χ3n) is 5.96. The van der Waals surface area contributed by atoms with Crippen LogP contribution in [0.1, 0.15) is 142 Å². The van der Waals surface area contributed by atoms with E-state index < -0.39 is 5.97 Å². The fourth-order valence-electron chi connectivity index (χ4n) is 3.92. The minimum Gasteiger partial charge on any atom is -0.508 e. The lowest BCUT2D eigenvalue weighted by molar-refractivity contribution is -0.137. The van der Waals surface area contributed by atoms with Crippen LogP contribution in [0, 0.1) is 6.92 Å². The van der Waals surface area contributed by atoms with Crippen molar-refractivity contribution < 1.29 is 15.0 Å². The number of aryl methyl sites for hydroxylation is 1. The number of aliphatic carboxylic acids is 1. The maximum absolute atomic E-state index is 10.3. The van der Waals surface area contributed by atoms with Gasteiger partial charge in [-0.1, -0.05) is 130 Å². The smallest absolute Gasteiger partial charge is 0.303 e. The number of hydrogen-bond donors (Lipinski definition) is 2. The summed E-state index contributed by atoms with van der Waals surface area (Å²) < 4.78 is 0. The van der Waals surface area contributed by atoms with E-state index in [0.717, 1.165) is 24.0 Å². The summed E-state index contributed by atoms with van der Waals surface area (Å²) in [7, 11) is 0. The van der Waals surface area contributed by atoms with Crippen LogP contribution in [-0.2, 0) is 10.2 Å². The van der Waals surface area contributed by atoms with Crippen molar-refractivity contribution in [3.63, 3.8) is 0 Å². The van der Waals surface area contributed by atoms with E-state index in [1.54, 1.807) is 6.07 Å². The van der Waals surface area contributed by atoms with E-state index in [0.29, 0.717) is 12.2 Å². The Labute approximate surface area is 199 Å². The van der Waals surface area contributed by atoms with Gasteiger partial charge < -0.3 is 10.2 Å².